The zero-order valence-electron chi connectivity index (χ0n) is 9.72. The SMILES string of the molecule is CC12COCC1Nc1cc(F)c(Br)cc1NC2=O. The lowest BCUT2D eigenvalue weighted by Gasteiger charge is -2.25. The van der Waals surface area contributed by atoms with Gasteiger partial charge < -0.3 is 15.4 Å². The summed E-state index contributed by atoms with van der Waals surface area (Å²) in [4.78, 5) is 12.2. The predicted molar refractivity (Wildman–Crippen MR) is 69.1 cm³/mol. The predicted octanol–water partition coefficient (Wildman–Crippen LogP) is 2.36. The Morgan fingerprint density at radius 1 is 1.50 bits per heavy atom. The fourth-order valence-corrected chi connectivity index (χ4v) is 2.66. The average Bonchev–Trinajstić information content (AvgIpc) is 2.64. The Morgan fingerprint density at radius 2 is 2.28 bits per heavy atom. The van der Waals surface area contributed by atoms with Crippen LogP contribution in [-0.2, 0) is 9.53 Å². The molecule has 18 heavy (non-hydrogen) atoms. The first-order valence-corrected chi connectivity index (χ1v) is 6.45. The Bertz CT molecular complexity index is 537. The van der Waals surface area contributed by atoms with E-state index in [1.807, 2.05) is 6.92 Å². The highest BCUT2D eigenvalue weighted by atomic mass is 79.9. The smallest absolute Gasteiger partial charge is 0.234 e. The van der Waals surface area contributed by atoms with Crippen molar-refractivity contribution in [3.8, 4) is 0 Å². The summed E-state index contributed by atoms with van der Waals surface area (Å²) in [6.07, 6.45) is 0. The molecule has 3 rings (SSSR count). The van der Waals surface area contributed by atoms with Crippen molar-refractivity contribution in [1.29, 1.82) is 0 Å². The van der Waals surface area contributed by atoms with E-state index in [4.69, 9.17) is 4.74 Å². The number of hydrogen-bond acceptors (Lipinski definition) is 3. The van der Waals surface area contributed by atoms with Crippen molar-refractivity contribution in [1.82, 2.24) is 0 Å². The van der Waals surface area contributed by atoms with Crippen LogP contribution >= 0.6 is 15.9 Å². The molecule has 4 nitrogen and oxygen atoms in total. The second-order valence-corrected chi connectivity index (χ2v) is 5.75. The maximum Gasteiger partial charge on any atom is 0.234 e. The number of halogens is 2. The second kappa shape index (κ2) is 3.93. The van der Waals surface area contributed by atoms with E-state index >= 15 is 0 Å². The van der Waals surface area contributed by atoms with Crippen LogP contribution in [-0.4, -0.2) is 25.2 Å². The van der Waals surface area contributed by atoms with Crippen molar-refractivity contribution in [2.24, 2.45) is 5.41 Å². The molecule has 1 aromatic carbocycles. The molecule has 0 saturated carbocycles. The van der Waals surface area contributed by atoms with Gasteiger partial charge in [0.25, 0.3) is 0 Å². The van der Waals surface area contributed by atoms with E-state index in [9.17, 15) is 9.18 Å². The number of carbonyl (C=O) groups is 1. The van der Waals surface area contributed by atoms with Crippen molar-refractivity contribution >= 4 is 33.2 Å². The molecule has 1 saturated heterocycles. The molecule has 1 fully saturated rings. The molecular formula is C12H12BrFN2O2. The Hall–Kier alpha value is -1.14. The summed E-state index contributed by atoms with van der Waals surface area (Å²) >= 11 is 3.12. The van der Waals surface area contributed by atoms with Crippen molar-refractivity contribution in [3.05, 3.63) is 22.4 Å². The minimum absolute atomic E-state index is 0.102. The fourth-order valence-electron chi connectivity index (χ4n) is 2.32. The van der Waals surface area contributed by atoms with E-state index in [0.717, 1.165) is 0 Å². The van der Waals surface area contributed by atoms with Crippen LogP contribution in [0.1, 0.15) is 6.92 Å². The summed E-state index contributed by atoms with van der Waals surface area (Å²) in [5.74, 6) is -0.465. The molecule has 2 unspecified atom stereocenters. The summed E-state index contributed by atoms with van der Waals surface area (Å²) in [5.41, 5.74) is 0.550. The van der Waals surface area contributed by atoms with Gasteiger partial charge in [0.2, 0.25) is 5.91 Å². The number of amides is 1. The highest BCUT2D eigenvalue weighted by Crippen LogP contribution is 2.39. The van der Waals surface area contributed by atoms with E-state index in [0.29, 0.717) is 29.1 Å². The lowest BCUT2D eigenvalue weighted by Crippen LogP contribution is -2.44. The number of benzene rings is 1. The first-order chi connectivity index (χ1) is 8.50. The number of anilines is 2. The van der Waals surface area contributed by atoms with Gasteiger partial charge >= 0.3 is 0 Å². The standard InChI is InChI=1S/C12H12BrFN2O2/c1-12-5-18-4-10(12)15-9-3-7(14)6(13)2-8(9)16-11(12)17/h2-3,10,15H,4-5H2,1H3,(H,16,17). The number of hydrogen-bond donors (Lipinski definition) is 2. The van der Waals surface area contributed by atoms with Crippen molar-refractivity contribution < 1.29 is 13.9 Å². The zero-order valence-corrected chi connectivity index (χ0v) is 11.3. The third-order valence-corrected chi connectivity index (χ3v) is 4.22. The number of fused-ring (bicyclic) bond motifs is 2. The summed E-state index contributed by atoms with van der Waals surface area (Å²) in [7, 11) is 0. The normalized spacial score (nSPS) is 29.9. The molecule has 2 aliphatic rings. The zero-order chi connectivity index (χ0) is 12.9. The molecule has 0 aliphatic carbocycles. The minimum Gasteiger partial charge on any atom is -0.378 e. The highest BCUT2D eigenvalue weighted by molar-refractivity contribution is 9.10. The van der Waals surface area contributed by atoms with Crippen molar-refractivity contribution in [2.45, 2.75) is 13.0 Å². The molecule has 96 valence electrons. The van der Waals surface area contributed by atoms with Crippen molar-refractivity contribution in [2.75, 3.05) is 23.8 Å². The van der Waals surface area contributed by atoms with Gasteiger partial charge in [-0.1, -0.05) is 0 Å². The molecule has 1 amide bonds. The quantitative estimate of drug-likeness (QED) is 0.773. The molecule has 6 heteroatoms. The van der Waals surface area contributed by atoms with Gasteiger partial charge in [-0.05, 0) is 28.9 Å². The van der Waals surface area contributed by atoms with Crippen LogP contribution in [0.3, 0.4) is 0 Å². The summed E-state index contributed by atoms with van der Waals surface area (Å²) in [6, 6.07) is 2.81. The number of carbonyl (C=O) groups excluding carboxylic acids is 1. The van der Waals surface area contributed by atoms with Gasteiger partial charge in [0.15, 0.2) is 0 Å². The van der Waals surface area contributed by atoms with Gasteiger partial charge in [-0.15, -0.1) is 0 Å². The molecule has 2 aliphatic heterocycles. The Kier molecular flexibility index (Phi) is 2.60. The van der Waals surface area contributed by atoms with E-state index in [1.54, 1.807) is 6.07 Å². The minimum atomic E-state index is -0.623. The summed E-state index contributed by atoms with van der Waals surface area (Å²) < 4.78 is 19.2. The second-order valence-electron chi connectivity index (χ2n) is 4.90. The Morgan fingerprint density at radius 3 is 3.06 bits per heavy atom. The van der Waals surface area contributed by atoms with E-state index < -0.39 is 5.41 Å². The topological polar surface area (TPSA) is 50.4 Å². The first-order valence-electron chi connectivity index (χ1n) is 5.65. The van der Waals surface area contributed by atoms with E-state index in [-0.39, 0.29) is 17.8 Å². The van der Waals surface area contributed by atoms with Gasteiger partial charge in [-0.3, -0.25) is 4.79 Å². The highest BCUT2D eigenvalue weighted by Gasteiger charge is 2.48. The third kappa shape index (κ3) is 1.63. The van der Waals surface area contributed by atoms with Crippen LogP contribution in [0, 0.1) is 11.2 Å². The monoisotopic (exact) mass is 314 g/mol. The lowest BCUT2D eigenvalue weighted by molar-refractivity contribution is -0.124. The maximum atomic E-state index is 13.5. The molecule has 1 aromatic rings. The number of rotatable bonds is 0. The third-order valence-electron chi connectivity index (χ3n) is 3.61. The molecular weight excluding hydrogens is 303 g/mol. The lowest BCUT2D eigenvalue weighted by atomic mass is 9.84. The van der Waals surface area contributed by atoms with Gasteiger partial charge in [0.1, 0.15) is 5.82 Å². The maximum absolute atomic E-state index is 13.5. The first kappa shape index (κ1) is 11.9. The molecule has 2 heterocycles. The van der Waals surface area contributed by atoms with Gasteiger partial charge in [-0.25, -0.2) is 4.39 Å². The molecule has 2 atom stereocenters. The van der Waals surface area contributed by atoms with E-state index in [1.165, 1.54) is 6.07 Å². The molecule has 0 radical (unpaired) electrons. The number of ether oxygens (including phenoxy) is 1. The molecule has 0 bridgehead atoms. The number of nitrogens with one attached hydrogen (secondary N) is 2. The Labute approximate surface area is 112 Å². The molecule has 2 N–H and O–H groups in total. The molecule has 0 aromatic heterocycles. The van der Waals surface area contributed by atoms with Crippen LogP contribution in [0.2, 0.25) is 0 Å². The fraction of sp³-hybridized carbons (Fsp3) is 0.417. The summed E-state index contributed by atoms with van der Waals surface area (Å²) in [5, 5.41) is 6.02. The van der Waals surface area contributed by atoms with Gasteiger partial charge in [0.05, 0.1) is 40.5 Å². The van der Waals surface area contributed by atoms with Crippen LogP contribution in [0.15, 0.2) is 16.6 Å². The van der Waals surface area contributed by atoms with Gasteiger partial charge in [-0.2, -0.15) is 0 Å². The van der Waals surface area contributed by atoms with Crippen LogP contribution in [0.4, 0.5) is 15.8 Å². The average molecular weight is 315 g/mol. The Balaban J connectivity index is 2.08. The van der Waals surface area contributed by atoms with Gasteiger partial charge in [0, 0.05) is 6.07 Å². The molecule has 0 spiro atoms. The van der Waals surface area contributed by atoms with Crippen LogP contribution in [0.5, 0.6) is 0 Å². The largest absolute Gasteiger partial charge is 0.378 e. The van der Waals surface area contributed by atoms with Crippen LogP contribution < -0.4 is 10.6 Å². The van der Waals surface area contributed by atoms with E-state index in [2.05, 4.69) is 26.6 Å². The van der Waals surface area contributed by atoms with Crippen molar-refractivity contribution in [3.63, 3.8) is 0 Å². The summed E-state index contributed by atoms with van der Waals surface area (Å²) in [6.45, 7) is 2.67. The van der Waals surface area contributed by atoms with Crippen LogP contribution in [0.25, 0.3) is 0 Å².